The number of ether oxygens (including phenoxy) is 1. The maximum Gasteiger partial charge on any atom is 0.272 e. The molecule has 1 amide bonds. The largest absolute Gasteiger partial charge is 0.383 e. The number of nitrogens with zero attached hydrogens (tertiary/aromatic N) is 1. The van der Waals surface area contributed by atoms with Crippen LogP contribution in [-0.2, 0) is 17.8 Å². The number of hydrogen-bond donors (Lipinski definition) is 2. The van der Waals surface area contributed by atoms with Crippen LogP contribution in [0.5, 0.6) is 0 Å². The topological polar surface area (TPSA) is 69.3 Å². The summed E-state index contributed by atoms with van der Waals surface area (Å²) in [5.41, 5.74) is 7.94. The Morgan fingerprint density at radius 1 is 1.30 bits per heavy atom. The Labute approximate surface area is 118 Å². The van der Waals surface area contributed by atoms with Gasteiger partial charge in [0.05, 0.1) is 6.61 Å². The van der Waals surface area contributed by atoms with Gasteiger partial charge >= 0.3 is 0 Å². The van der Waals surface area contributed by atoms with E-state index in [1.54, 1.807) is 13.2 Å². The molecule has 3 N–H and O–H groups in total. The van der Waals surface area contributed by atoms with Crippen molar-refractivity contribution in [2.24, 2.45) is 5.73 Å². The molecule has 0 aliphatic rings. The zero-order chi connectivity index (χ0) is 14.4. The normalized spacial score (nSPS) is 10.5. The minimum Gasteiger partial charge on any atom is -0.383 e. The van der Waals surface area contributed by atoms with Crippen LogP contribution >= 0.6 is 0 Å². The number of rotatable bonds is 6. The lowest BCUT2D eigenvalue weighted by Crippen LogP contribution is -2.19. The first kappa shape index (κ1) is 14.3. The van der Waals surface area contributed by atoms with E-state index in [-0.39, 0.29) is 5.91 Å². The molecular weight excluding hydrogens is 254 g/mol. The van der Waals surface area contributed by atoms with E-state index in [9.17, 15) is 4.79 Å². The molecule has 0 radical (unpaired) electrons. The molecule has 5 nitrogen and oxygen atoms in total. The van der Waals surface area contributed by atoms with Gasteiger partial charge in [-0.2, -0.15) is 0 Å². The molecule has 20 heavy (non-hydrogen) atoms. The van der Waals surface area contributed by atoms with E-state index >= 15 is 0 Å². The number of benzene rings is 1. The van der Waals surface area contributed by atoms with Crippen LogP contribution in [0.3, 0.4) is 0 Å². The third-order valence-corrected chi connectivity index (χ3v) is 3.08. The van der Waals surface area contributed by atoms with Gasteiger partial charge in [-0.15, -0.1) is 0 Å². The first-order valence-corrected chi connectivity index (χ1v) is 6.49. The standard InChI is InChI=1S/C15H19N3O2/c1-20-10-9-18-8-4-7-14(18)15(19)17-13-6-3-2-5-12(13)11-16/h2-8H,9-11,16H2,1H3,(H,17,19). The lowest BCUT2D eigenvalue weighted by molar-refractivity contribution is 0.101. The summed E-state index contributed by atoms with van der Waals surface area (Å²) in [6.07, 6.45) is 1.86. The summed E-state index contributed by atoms with van der Waals surface area (Å²) in [6, 6.07) is 11.2. The maximum atomic E-state index is 12.3. The van der Waals surface area contributed by atoms with Crippen LogP contribution < -0.4 is 11.1 Å². The number of nitrogens with two attached hydrogens (primary N) is 1. The number of nitrogens with one attached hydrogen (secondary N) is 1. The van der Waals surface area contributed by atoms with Gasteiger partial charge in [0.25, 0.3) is 5.91 Å². The predicted octanol–water partition coefficient (Wildman–Crippen LogP) is 1.85. The van der Waals surface area contributed by atoms with Crippen molar-refractivity contribution in [3.63, 3.8) is 0 Å². The fourth-order valence-electron chi connectivity index (χ4n) is 2.01. The van der Waals surface area contributed by atoms with Gasteiger partial charge < -0.3 is 20.4 Å². The van der Waals surface area contributed by atoms with E-state index in [4.69, 9.17) is 10.5 Å². The van der Waals surface area contributed by atoms with Gasteiger partial charge in [0, 0.05) is 32.1 Å². The number of hydrogen-bond acceptors (Lipinski definition) is 3. The molecule has 2 rings (SSSR count). The Morgan fingerprint density at radius 3 is 2.85 bits per heavy atom. The van der Waals surface area contributed by atoms with E-state index in [0.29, 0.717) is 25.4 Å². The first-order valence-electron chi connectivity index (χ1n) is 6.49. The second-order valence-corrected chi connectivity index (χ2v) is 4.40. The average Bonchev–Trinajstić information content (AvgIpc) is 2.94. The lowest BCUT2D eigenvalue weighted by Gasteiger charge is -2.11. The fraction of sp³-hybridized carbons (Fsp3) is 0.267. The van der Waals surface area contributed by atoms with Crippen molar-refractivity contribution in [2.75, 3.05) is 19.0 Å². The van der Waals surface area contributed by atoms with Crippen molar-refractivity contribution in [3.8, 4) is 0 Å². The Hall–Kier alpha value is -2.11. The zero-order valence-electron chi connectivity index (χ0n) is 11.5. The van der Waals surface area contributed by atoms with Crippen molar-refractivity contribution in [2.45, 2.75) is 13.1 Å². The highest BCUT2D eigenvalue weighted by Crippen LogP contribution is 2.15. The molecule has 0 atom stereocenters. The molecule has 0 spiro atoms. The molecule has 0 saturated heterocycles. The molecular formula is C15H19N3O2. The Kier molecular flexibility index (Phi) is 4.92. The maximum absolute atomic E-state index is 12.3. The van der Waals surface area contributed by atoms with E-state index in [0.717, 1.165) is 11.3 Å². The van der Waals surface area contributed by atoms with Crippen LogP contribution in [0, 0.1) is 0 Å². The number of anilines is 1. The molecule has 0 saturated carbocycles. The third-order valence-electron chi connectivity index (χ3n) is 3.08. The molecule has 1 aromatic carbocycles. The molecule has 1 heterocycles. The van der Waals surface area contributed by atoms with Gasteiger partial charge in [-0.3, -0.25) is 4.79 Å². The van der Waals surface area contributed by atoms with Gasteiger partial charge in [0.1, 0.15) is 5.69 Å². The molecule has 0 bridgehead atoms. The van der Waals surface area contributed by atoms with Crippen LogP contribution in [0.25, 0.3) is 0 Å². The summed E-state index contributed by atoms with van der Waals surface area (Å²) < 4.78 is 6.90. The highest BCUT2D eigenvalue weighted by Gasteiger charge is 2.12. The average molecular weight is 273 g/mol. The van der Waals surface area contributed by atoms with E-state index in [1.807, 2.05) is 41.1 Å². The van der Waals surface area contributed by atoms with Gasteiger partial charge in [-0.25, -0.2) is 0 Å². The van der Waals surface area contributed by atoms with Crippen molar-refractivity contribution in [1.82, 2.24) is 4.57 Å². The van der Waals surface area contributed by atoms with Gasteiger partial charge in [-0.1, -0.05) is 18.2 Å². The number of para-hydroxylation sites is 1. The Bertz CT molecular complexity index is 578. The summed E-state index contributed by atoms with van der Waals surface area (Å²) in [5, 5.41) is 2.90. The number of aromatic nitrogens is 1. The zero-order valence-corrected chi connectivity index (χ0v) is 11.5. The second-order valence-electron chi connectivity index (χ2n) is 4.40. The molecule has 0 aliphatic carbocycles. The van der Waals surface area contributed by atoms with Crippen molar-refractivity contribution >= 4 is 11.6 Å². The van der Waals surface area contributed by atoms with Gasteiger partial charge in [-0.05, 0) is 23.8 Å². The van der Waals surface area contributed by atoms with E-state index < -0.39 is 0 Å². The molecule has 0 fully saturated rings. The first-order chi connectivity index (χ1) is 9.76. The fourth-order valence-corrected chi connectivity index (χ4v) is 2.01. The molecule has 0 aliphatic heterocycles. The number of carbonyl (C=O) groups is 1. The smallest absolute Gasteiger partial charge is 0.272 e. The Morgan fingerprint density at radius 2 is 2.10 bits per heavy atom. The molecule has 1 aromatic heterocycles. The van der Waals surface area contributed by atoms with Crippen molar-refractivity contribution in [1.29, 1.82) is 0 Å². The summed E-state index contributed by atoms with van der Waals surface area (Å²) in [7, 11) is 1.64. The minimum absolute atomic E-state index is 0.146. The molecule has 5 heteroatoms. The van der Waals surface area contributed by atoms with Crippen molar-refractivity contribution in [3.05, 3.63) is 53.9 Å². The van der Waals surface area contributed by atoms with E-state index in [2.05, 4.69) is 5.32 Å². The van der Waals surface area contributed by atoms with E-state index in [1.165, 1.54) is 0 Å². The number of amides is 1. The summed E-state index contributed by atoms with van der Waals surface area (Å²) in [5.74, 6) is -0.146. The van der Waals surface area contributed by atoms with Gasteiger partial charge in [0.15, 0.2) is 0 Å². The highest BCUT2D eigenvalue weighted by molar-refractivity contribution is 6.03. The predicted molar refractivity (Wildman–Crippen MR) is 78.6 cm³/mol. The SMILES string of the molecule is COCCn1cccc1C(=O)Nc1ccccc1CN. The van der Waals surface area contributed by atoms with Crippen molar-refractivity contribution < 1.29 is 9.53 Å². The summed E-state index contributed by atoms with van der Waals surface area (Å²) in [6.45, 7) is 1.60. The van der Waals surface area contributed by atoms with Crippen LogP contribution in [0.1, 0.15) is 16.1 Å². The summed E-state index contributed by atoms with van der Waals surface area (Å²) in [4.78, 5) is 12.3. The lowest BCUT2D eigenvalue weighted by atomic mass is 10.2. The highest BCUT2D eigenvalue weighted by atomic mass is 16.5. The second kappa shape index (κ2) is 6.88. The quantitative estimate of drug-likeness (QED) is 0.844. The third kappa shape index (κ3) is 3.26. The summed E-state index contributed by atoms with van der Waals surface area (Å²) >= 11 is 0. The number of carbonyl (C=O) groups excluding carboxylic acids is 1. The molecule has 2 aromatic rings. The monoisotopic (exact) mass is 273 g/mol. The van der Waals surface area contributed by atoms with Crippen LogP contribution in [0.4, 0.5) is 5.69 Å². The molecule has 106 valence electrons. The van der Waals surface area contributed by atoms with Gasteiger partial charge in [0.2, 0.25) is 0 Å². The molecule has 0 unspecified atom stereocenters. The Balaban J connectivity index is 2.14. The number of methoxy groups -OCH3 is 1. The van der Waals surface area contributed by atoms with Crippen LogP contribution in [0.15, 0.2) is 42.6 Å². The van der Waals surface area contributed by atoms with Crippen LogP contribution in [0.2, 0.25) is 0 Å². The minimum atomic E-state index is -0.146. The van der Waals surface area contributed by atoms with Crippen LogP contribution in [-0.4, -0.2) is 24.2 Å².